The Kier molecular flexibility index (Phi) is 28.5. The van der Waals surface area contributed by atoms with Gasteiger partial charge in [-0.1, -0.05) is 90.1 Å². The van der Waals surface area contributed by atoms with E-state index in [1.165, 1.54) is 67.7 Å². The molecule has 0 aliphatic rings. The molecule has 11 N–H and O–H groups in total. The molecule has 0 aliphatic carbocycles. The van der Waals surface area contributed by atoms with E-state index in [1.807, 2.05) is 55.5 Å². The number of aromatic amines is 1. The number of carboxylic acid groups (broad SMARTS) is 1. The molecule has 0 bridgehead atoms. The van der Waals surface area contributed by atoms with Crippen LogP contribution in [0.1, 0.15) is 88.3 Å². The van der Waals surface area contributed by atoms with Crippen LogP contribution in [0.2, 0.25) is 0 Å². The van der Waals surface area contributed by atoms with Crippen molar-refractivity contribution in [3.05, 3.63) is 290 Å². The predicted molar refractivity (Wildman–Crippen MR) is 333 cm³/mol. The van der Waals surface area contributed by atoms with Crippen LogP contribution in [0.3, 0.4) is 0 Å². The maximum atomic E-state index is 14.0. The van der Waals surface area contributed by atoms with E-state index in [9.17, 15) is 68.2 Å². The van der Waals surface area contributed by atoms with Gasteiger partial charge in [0.1, 0.15) is 12.3 Å². The zero-order valence-electron chi connectivity index (χ0n) is 49.9. The number of benzene rings is 9. The van der Waals surface area contributed by atoms with Crippen molar-refractivity contribution in [2.24, 2.45) is 10.9 Å². The van der Waals surface area contributed by atoms with Crippen molar-refractivity contribution >= 4 is 46.3 Å². The Labute approximate surface area is 535 Å². The van der Waals surface area contributed by atoms with Crippen molar-refractivity contribution in [1.82, 2.24) is 15.5 Å². The minimum absolute atomic E-state index is 0.00231. The van der Waals surface area contributed by atoms with E-state index in [1.54, 1.807) is 42.6 Å². The van der Waals surface area contributed by atoms with Crippen LogP contribution in [0.5, 0.6) is 0 Å². The zero-order valence-corrected chi connectivity index (χ0v) is 49.9. The number of nitrogens with two attached hydrogens (primary N) is 1. The number of hydrogen-bond donors (Lipinski definition) is 10. The van der Waals surface area contributed by atoms with Gasteiger partial charge in [-0.3, -0.25) is 19.5 Å². The number of carboxylic acids is 1. The summed E-state index contributed by atoms with van der Waals surface area (Å²) in [4.78, 5) is 45.0. The summed E-state index contributed by atoms with van der Waals surface area (Å²) >= 11 is 0. The molecule has 0 saturated heterocycles. The second-order valence-electron chi connectivity index (χ2n) is 19.8. The normalized spacial score (nSPS) is 11.2. The fourth-order valence-corrected chi connectivity index (χ4v) is 8.41. The summed E-state index contributed by atoms with van der Waals surface area (Å²) in [5.41, 5.74) is 10.9. The van der Waals surface area contributed by atoms with Gasteiger partial charge < -0.3 is 47.2 Å². The van der Waals surface area contributed by atoms with E-state index in [0.29, 0.717) is 5.56 Å². The SMILES string of the molecule is CC(=O)c1cccc(F)c1F.Cc1ccc(-c2cccc(C(=O)O)c2)cc1C=N.NC(CO)c1cccc(F)c1F.O=C(CO)c1cccc(F)c1F.O=C(NC(CO)c1cccc(F)c1F)c1cccc(-c2ccc3[nH]ncc3c2)c1.OC/C(=N\O)c1cccc(F)c1F. The molecule has 1 aromatic heterocycles. The summed E-state index contributed by atoms with van der Waals surface area (Å²) in [6.45, 7) is 0.691. The van der Waals surface area contributed by atoms with Crippen LogP contribution in [0.15, 0.2) is 187 Å². The maximum Gasteiger partial charge on any atom is 0.335 e. The number of aryl methyl sites for hydroxylation is 1. The highest BCUT2D eigenvalue weighted by Crippen LogP contribution is 2.27. The Bertz CT molecular complexity index is 4360. The lowest BCUT2D eigenvalue weighted by molar-refractivity contribution is 0.0696. The first-order valence-corrected chi connectivity index (χ1v) is 27.8. The van der Waals surface area contributed by atoms with Crippen molar-refractivity contribution in [2.45, 2.75) is 25.9 Å². The van der Waals surface area contributed by atoms with Crippen molar-refractivity contribution in [1.29, 1.82) is 5.41 Å². The van der Waals surface area contributed by atoms with E-state index in [-0.39, 0.29) is 33.5 Å². The highest BCUT2D eigenvalue weighted by Gasteiger charge is 2.22. The Morgan fingerprint density at radius 1 is 0.558 bits per heavy atom. The summed E-state index contributed by atoms with van der Waals surface area (Å²) in [5, 5.41) is 72.8. The number of nitrogens with zero attached hydrogens (tertiary/aromatic N) is 2. The minimum Gasteiger partial charge on any atom is -0.478 e. The monoisotopic (exact) mass is 1320 g/mol. The average Bonchev–Trinajstić information content (AvgIpc) is 1.87. The van der Waals surface area contributed by atoms with Crippen LogP contribution in [-0.2, 0) is 0 Å². The lowest BCUT2D eigenvalue weighted by Gasteiger charge is -2.18. The number of aromatic carboxylic acids is 1. The number of Topliss-reactive ketones (excluding diaryl/α,β-unsaturated/α-hetero) is 2. The molecule has 1 heterocycles. The lowest BCUT2D eigenvalue weighted by atomic mass is 9.99. The first kappa shape index (κ1) is 74.7. The van der Waals surface area contributed by atoms with Gasteiger partial charge in [0.15, 0.2) is 69.7 Å². The number of nitrogens with one attached hydrogen (secondary N) is 3. The third-order valence-corrected chi connectivity index (χ3v) is 13.5. The number of H-pyrrole nitrogens is 1. The van der Waals surface area contributed by atoms with Crippen molar-refractivity contribution in [3.63, 3.8) is 0 Å². The fraction of sp³-hybridized carbons (Fsp3) is 0.116. The van der Waals surface area contributed by atoms with Crippen LogP contribution in [-0.4, -0.2) is 103 Å². The average molecular weight is 1320 g/mol. The molecule has 0 saturated carbocycles. The first-order chi connectivity index (χ1) is 45.3. The number of carbonyl (C=O) groups is 4. The Morgan fingerprint density at radius 2 is 1.02 bits per heavy atom. The van der Waals surface area contributed by atoms with Crippen molar-refractivity contribution in [2.75, 3.05) is 26.4 Å². The molecular formula is C69H58F10N6O10. The maximum absolute atomic E-state index is 14.0. The lowest BCUT2D eigenvalue weighted by Crippen LogP contribution is -2.31. The number of amides is 1. The standard InChI is InChI=1S/C22H17F2N3O2.C15H13NO2.C8H7F2NO2.C8H9F2NO.C8H6F2O2.C8H6F2O/c23-18-6-2-5-17(21(18)24)20(12-28)26-22(29)15-4-1-3-13(9-15)14-7-8-19-16(10-14)11-25-27-19;1-10-5-6-12(8-14(10)9-16)11-3-2-4-13(7-11)15(17)18;9-6-3-1-2-5(8(6)10)7(4-12)11-13;9-6-3-1-2-5(8(6)10)7(11)4-12;9-6-3-1-2-5(8(6)10)7(12)4-11;1-5(11)6-3-2-4-7(9)8(6)10/h1-11,20,28H,12H2,(H,25,27)(H,26,29);2-9,16H,1H3,(H,17,18);1-3,12-13H,4H2;1-3,7,12H,4,11H2;1-3,11H,4H2;2-4H,1H3/b;;11-7+;;;. The predicted octanol–water partition coefficient (Wildman–Crippen LogP) is 12.7. The van der Waals surface area contributed by atoms with E-state index < -0.39 is 126 Å². The number of hydrogen-bond acceptors (Lipinski definition) is 13. The summed E-state index contributed by atoms with van der Waals surface area (Å²) in [6.07, 6.45) is 3.02. The molecule has 0 aliphatic heterocycles. The van der Waals surface area contributed by atoms with Gasteiger partial charge in [-0.2, -0.15) is 5.10 Å². The highest BCUT2D eigenvalue weighted by atomic mass is 19.2. The number of aliphatic hydroxyl groups excluding tert-OH is 4. The molecule has 2 unspecified atom stereocenters. The molecule has 0 spiro atoms. The summed E-state index contributed by atoms with van der Waals surface area (Å²) in [7, 11) is 0. The molecule has 16 nitrogen and oxygen atoms in total. The first-order valence-electron chi connectivity index (χ1n) is 27.8. The van der Waals surface area contributed by atoms with Gasteiger partial charge in [-0.05, 0) is 138 Å². The molecule has 494 valence electrons. The van der Waals surface area contributed by atoms with Gasteiger partial charge in [0.25, 0.3) is 5.91 Å². The van der Waals surface area contributed by atoms with Gasteiger partial charge in [-0.25, -0.2) is 48.7 Å². The molecule has 10 rings (SSSR count). The van der Waals surface area contributed by atoms with Crippen LogP contribution >= 0.6 is 0 Å². The topological polar surface area (TPSA) is 293 Å². The van der Waals surface area contributed by atoms with Crippen LogP contribution in [0.4, 0.5) is 43.9 Å². The largest absolute Gasteiger partial charge is 0.478 e. The molecule has 2 atom stereocenters. The van der Waals surface area contributed by atoms with Crippen molar-refractivity contribution < 1.29 is 93.8 Å². The third-order valence-electron chi connectivity index (χ3n) is 13.5. The smallest absolute Gasteiger partial charge is 0.335 e. The molecular weight excluding hydrogens is 1260 g/mol. The van der Waals surface area contributed by atoms with E-state index >= 15 is 0 Å². The number of carbonyl (C=O) groups excluding carboxylic acids is 3. The van der Waals surface area contributed by atoms with Crippen LogP contribution in [0.25, 0.3) is 33.2 Å². The number of ketones is 2. The zero-order chi connectivity index (χ0) is 70.1. The van der Waals surface area contributed by atoms with E-state index in [2.05, 4.69) is 20.7 Å². The third kappa shape index (κ3) is 20.5. The van der Waals surface area contributed by atoms with E-state index in [0.717, 1.165) is 80.7 Å². The van der Waals surface area contributed by atoms with Crippen LogP contribution in [0, 0.1) is 70.5 Å². The van der Waals surface area contributed by atoms with Gasteiger partial charge >= 0.3 is 5.97 Å². The number of aromatic nitrogens is 2. The van der Waals surface area contributed by atoms with Gasteiger partial charge in [0.2, 0.25) is 0 Å². The molecule has 26 heteroatoms. The number of oxime groups is 1. The molecule has 10 aromatic rings. The van der Waals surface area contributed by atoms with Gasteiger partial charge in [0, 0.05) is 33.9 Å². The summed E-state index contributed by atoms with van der Waals surface area (Å²) < 4.78 is 129. The molecule has 0 radical (unpaired) electrons. The Hall–Kier alpha value is -11.0. The minimum atomic E-state index is -1.21. The molecule has 0 fully saturated rings. The second kappa shape index (κ2) is 36.3. The Morgan fingerprint density at radius 3 is 1.54 bits per heavy atom. The number of fused-ring (bicyclic) bond motifs is 1. The molecule has 95 heavy (non-hydrogen) atoms. The number of aliphatic hydroxyl groups is 4. The second-order valence-corrected chi connectivity index (χ2v) is 19.8. The molecule has 1 amide bonds. The summed E-state index contributed by atoms with van der Waals surface area (Å²) in [5.74, 6) is -13.3. The van der Waals surface area contributed by atoms with Gasteiger partial charge in [-0.15, -0.1) is 0 Å². The van der Waals surface area contributed by atoms with Crippen LogP contribution < -0.4 is 11.1 Å². The highest BCUT2D eigenvalue weighted by molar-refractivity contribution is 6.01. The number of rotatable bonds is 15. The number of halogens is 10. The van der Waals surface area contributed by atoms with Gasteiger partial charge in [0.05, 0.1) is 60.3 Å². The van der Waals surface area contributed by atoms with Crippen molar-refractivity contribution in [3.8, 4) is 22.3 Å². The molecule has 9 aromatic carbocycles. The summed E-state index contributed by atoms with van der Waals surface area (Å²) in [6, 6.07) is 40.8. The Balaban J connectivity index is 0.000000216. The fourth-order valence-electron chi connectivity index (χ4n) is 8.41. The van der Waals surface area contributed by atoms with E-state index in [4.69, 9.17) is 36.8 Å². The quantitative estimate of drug-likeness (QED) is 0.0151.